The maximum absolute atomic E-state index is 3.53. The molecule has 0 atom stereocenters. The van der Waals surface area contributed by atoms with Gasteiger partial charge in [0.25, 0.3) is 0 Å². The van der Waals surface area contributed by atoms with Gasteiger partial charge in [-0.3, -0.25) is 0 Å². The number of nitrogens with one attached hydrogen (secondary N) is 1. The van der Waals surface area contributed by atoms with Crippen LogP contribution in [-0.4, -0.2) is 0 Å². The van der Waals surface area contributed by atoms with Crippen molar-refractivity contribution in [3.8, 4) is 0 Å². The van der Waals surface area contributed by atoms with Crippen molar-refractivity contribution in [2.45, 2.75) is 19.8 Å². The minimum Gasteiger partial charge on any atom is -0.352 e. The monoisotopic (exact) mass is 300 g/mol. The highest BCUT2D eigenvalue weighted by Gasteiger charge is 2.23. The molecule has 3 aromatic rings. The minimum atomic E-state index is 0.548. The highest BCUT2D eigenvalue weighted by atomic mass is 15.2. The van der Waals surface area contributed by atoms with Crippen LogP contribution in [0.5, 0.6) is 0 Å². The molecule has 2 heteroatoms. The van der Waals surface area contributed by atoms with Gasteiger partial charge in [0.1, 0.15) is 0 Å². The van der Waals surface area contributed by atoms with Gasteiger partial charge in [-0.2, -0.15) is 0 Å². The summed E-state index contributed by atoms with van der Waals surface area (Å²) in [5, 5.41) is 3.53. The molecule has 0 bridgehead atoms. The summed E-state index contributed by atoms with van der Waals surface area (Å²) in [6.07, 6.45) is 0. The van der Waals surface area contributed by atoms with Crippen LogP contribution in [0.4, 0.5) is 28.4 Å². The van der Waals surface area contributed by atoms with Gasteiger partial charge in [-0.05, 0) is 47.9 Å². The molecule has 0 saturated carbocycles. The minimum absolute atomic E-state index is 0.548. The van der Waals surface area contributed by atoms with Crippen molar-refractivity contribution in [3.05, 3.63) is 78.4 Å². The van der Waals surface area contributed by atoms with Crippen molar-refractivity contribution in [2.75, 3.05) is 10.2 Å². The van der Waals surface area contributed by atoms with Crippen LogP contribution in [0.3, 0.4) is 0 Å². The number of hydrogen-bond acceptors (Lipinski definition) is 2. The Hall–Kier alpha value is -2.74. The van der Waals surface area contributed by atoms with Crippen molar-refractivity contribution in [1.29, 1.82) is 0 Å². The maximum Gasteiger partial charge on any atom is 0.0697 e. The van der Waals surface area contributed by atoms with E-state index in [9.17, 15) is 0 Å². The second kappa shape index (κ2) is 5.47. The first-order valence-electron chi connectivity index (χ1n) is 8.09. The summed E-state index contributed by atoms with van der Waals surface area (Å²) in [6, 6.07) is 25.8. The van der Waals surface area contributed by atoms with E-state index in [2.05, 4.69) is 96.9 Å². The predicted octanol–water partition coefficient (Wildman–Crippen LogP) is 6.34. The summed E-state index contributed by atoms with van der Waals surface area (Å²) in [4.78, 5) is 2.32. The van der Waals surface area contributed by atoms with Gasteiger partial charge in [-0.15, -0.1) is 0 Å². The summed E-state index contributed by atoms with van der Waals surface area (Å²) in [6.45, 7) is 4.45. The summed E-state index contributed by atoms with van der Waals surface area (Å²) < 4.78 is 0. The average Bonchev–Trinajstić information content (AvgIpc) is 2.59. The van der Waals surface area contributed by atoms with Crippen LogP contribution < -0.4 is 10.2 Å². The molecule has 4 rings (SSSR count). The largest absolute Gasteiger partial charge is 0.352 e. The van der Waals surface area contributed by atoms with Crippen LogP contribution in [-0.2, 0) is 0 Å². The molecule has 0 radical (unpaired) electrons. The molecule has 1 aliphatic heterocycles. The first kappa shape index (κ1) is 13.9. The van der Waals surface area contributed by atoms with Gasteiger partial charge in [-0.1, -0.05) is 50.2 Å². The van der Waals surface area contributed by atoms with E-state index in [0.29, 0.717) is 5.92 Å². The lowest BCUT2D eigenvalue weighted by Crippen LogP contribution is -2.17. The van der Waals surface area contributed by atoms with Gasteiger partial charge in [0.2, 0.25) is 0 Å². The van der Waals surface area contributed by atoms with Gasteiger partial charge in [0.15, 0.2) is 0 Å². The van der Waals surface area contributed by atoms with Crippen LogP contribution in [0.2, 0.25) is 0 Å². The van der Waals surface area contributed by atoms with Gasteiger partial charge in [0, 0.05) is 5.69 Å². The highest BCUT2D eigenvalue weighted by Crippen LogP contribution is 2.47. The zero-order valence-electron chi connectivity index (χ0n) is 13.5. The van der Waals surface area contributed by atoms with Crippen LogP contribution >= 0.6 is 0 Å². The second-order valence-electron chi connectivity index (χ2n) is 6.24. The fourth-order valence-corrected chi connectivity index (χ4v) is 3.11. The number of benzene rings is 3. The van der Waals surface area contributed by atoms with E-state index in [0.717, 1.165) is 11.4 Å². The Labute approximate surface area is 137 Å². The number of para-hydroxylation sites is 4. The van der Waals surface area contributed by atoms with Crippen molar-refractivity contribution >= 4 is 28.4 Å². The summed E-state index contributed by atoms with van der Waals surface area (Å²) in [5.74, 6) is 0.548. The highest BCUT2D eigenvalue weighted by molar-refractivity contribution is 5.96. The lowest BCUT2D eigenvalue weighted by molar-refractivity contribution is 0.866. The zero-order chi connectivity index (χ0) is 15.8. The molecular formula is C21H20N2. The second-order valence-corrected chi connectivity index (χ2v) is 6.24. The number of fused-ring (bicyclic) bond motifs is 2. The predicted molar refractivity (Wildman–Crippen MR) is 98.5 cm³/mol. The van der Waals surface area contributed by atoms with E-state index >= 15 is 0 Å². The average molecular weight is 300 g/mol. The first-order valence-corrected chi connectivity index (χ1v) is 8.09. The molecule has 1 aliphatic rings. The molecule has 0 saturated heterocycles. The van der Waals surface area contributed by atoms with Crippen molar-refractivity contribution in [2.24, 2.45) is 0 Å². The molecule has 1 N–H and O–H groups in total. The van der Waals surface area contributed by atoms with Crippen LogP contribution in [0.1, 0.15) is 25.3 Å². The fourth-order valence-electron chi connectivity index (χ4n) is 3.11. The van der Waals surface area contributed by atoms with Crippen LogP contribution in [0.25, 0.3) is 0 Å². The quantitative estimate of drug-likeness (QED) is 0.465. The Kier molecular flexibility index (Phi) is 3.30. The summed E-state index contributed by atoms with van der Waals surface area (Å²) in [5.41, 5.74) is 7.20. The third-order valence-electron chi connectivity index (χ3n) is 4.38. The molecule has 1 heterocycles. The van der Waals surface area contributed by atoms with E-state index in [1.807, 2.05) is 0 Å². The summed E-state index contributed by atoms with van der Waals surface area (Å²) in [7, 11) is 0. The van der Waals surface area contributed by atoms with Crippen LogP contribution in [0, 0.1) is 0 Å². The lowest BCUT2D eigenvalue weighted by atomic mass is 10.0. The number of nitrogens with zero attached hydrogens (tertiary/aromatic N) is 1. The Morgan fingerprint density at radius 2 is 1.22 bits per heavy atom. The van der Waals surface area contributed by atoms with Crippen molar-refractivity contribution in [1.82, 2.24) is 0 Å². The van der Waals surface area contributed by atoms with Gasteiger partial charge >= 0.3 is 0 Å². The number of rotatable bonds is 2. The third kappa shape index (κ3) is 2.36. The lowest BCUT2D eigenvalue weighted by Gasteiger charge is -2.34. The van der Waals surface area contributed by atoms with Gasteiger partial charge in [-0.25, -0.2) is 0 Å². The van der Waals surface area contributed by atoms with E-state index in [4.69, 9.17) is 0 Å². The normalized spacial score (nSPS) is 12.6. The van der Waals surface area contributed by atoms with Gasteiger partial charge in [0.05, 0.1) is 22.7 Å². The number of hydrogen-bond donors (Lipinski definition) is 1. The molecule has 0 aromatic heterocycles. The van der Waals surface area contributed by atoms with Gasteiger partial charge < -0.3 is 10.2 Å². The Balaban J connectivity index is 1.87. The molecule has 0 aliphatic carbocycles. The van der Waals surface area contributed by atoms with E-state index in [-0.39, 0.29) is 0 Å². The van der Waals surface area contributed by atoms with Crippen molar-refractivity contribution in [3.63, 3.8) is 0 Å². The Morgan fingerprint density at radius 1 is 0.696 bits per heavy atom. The first-order chi connectivity index (χ1) is 11.2. The van der Waals surface area contributed by atoms with Crippen LogP contribution in [0.15, 0.2) is 72.8 Å². The molecule has 0 fully saturated rings. The molecule has 0 unspecified atom stereocenters. The Morgan fingerprint density at radius 3 is 1.74 bits per heavy atom. The Bertz CT molecular complexity index is 789. The smallest absolute Gasteiger partial charge is 0.0697 e. The van der Waals surface area contributed by atoms with Crippen molar-refractivity contribution < 1.29 is 0 Å². The molecule has 2 nitrogen and oxygen atoms in total. The topological polar surface area (TPSA) is 15.3 Å². The maximum atomic E-state index is 3.53. The summed E-state index contributed by atoms with van der Waals surface area (Å²) >= 11 is 0. The standard InChI is InChI=1S/C21H20N2/c1-15(2)16-11-13-17(14-12-16)23-20-9-5-3-7-18(20)22-19-8-4-6-10-21(19)23/h3-15,22H,1-2H3. The molecule has 0 amide bonds. The number of anilines is 5. The van der Waals surface area contributed by atoms with E-state index in [1.165, 1.54) is 22.6 Å². The molecule has 23 heavy (non-hydrogen) atoms. The SMILES string of the molecule is CC(C)c1ccc(N2c3ccccc3Nc3ccccc32)cc1. The zero-order valence-corrected chi connectivity index (χ0v) is 13.5. The molecular weight excluding hydrogens is 280 g/mol. The fraction of sp³-hybridized carbons (Fsp3) is 0.143. The molecule has 114 valence electrons. The molecule has 3 aromatic carbocycles. The van der Waals surface area contributed by atoms with E-state index < -0.39 is 0 Å². The molecule has 0 spiro atoms. The third-order valence-corrected chi connectivity index (χ3v) is 4.38. The van der Waals surface area contributed by atoms with E-state index in [1.54, 1.807) is 0 Å².